The van der Waals surface area contributed by atoms with Gasteiger partial charge >= 0.3 is 6.18 Å². The summed E-state index contributed by atoms with van der Waals surface area (Å²) in [6, 6.07) is 7.91. The summed E-state index contributed by atoms with van der Waals surface area (Å²) in [7, 11) is 0. The molecule has 6 rings (SSSR count). The zero-order valence-electron chi connectivity index (χ0n) is 22.5. The quantitative estimate of drug-likeness (QED) is 0.228. The Balaban J connectivity index is 1.42. The second-order valence-electron chi connectivity index (χ2n) is 10.1. The van der Waals surface area contributed by atoms with Crippen LogP contribution in [0.4, 0.5) is 24.9 Å². The standard InChI is InChI=1S/C30H22F3N7O3/c1-15-2-3-17(28(43)38-23-10-20(6-7-36-23)30(31,32)33)8-21(15)22-9-18-13-37-29(40-27(42)16-4-5-16)39-25(18)24(26(22)41)19-11-34-14-35-12-19/h2-3,6-14,16,41H,4-5H2,1H3,(H,36,38,43)(H,37,39,40,42). The van der Waals surface area contributed by atoms with E-state index in [1.54, 1.807) is 19.1 Å². The van der Waals surface area contributed by atoms with E-state index < -0.39 is 17.6 Å². The summed E-state index contributed by atoms with van der Waals surface area (Å²) in [6.45, 7) is 1.79. The highest BCUT2D eigenvalue weighted by atomic mass is 19.4. The lowest BCUT2D eigenvalue weighted by Gasteiger charge is -2.16. The van der Waals surface area contributed by atoms with Crippen LogP contribution in [0.3, 0.4) is 0 Å². The number of aryl methyl sites for hydroxylation is 1. The van der Waals surface area contributed by atoms with Crippen LogP contribution in [0.25, 0.3) is 33.2 Å². The number of hydrogen-bond donors (Lipinski definition) is 3. The van der Waals surface area contributed by atoms with Crippen molar-refractivity contribution in [3.63, 3.8) is 0 Å². The van der Waals surface area contributed by atoms with Gasteiger partial charge in [-0.25, -0.2) is 24.9 Å². The second kappa shape index (κ2) is 10.7. The number of aromatic hydroxyl groups is 1. The van der Waals surface area contributed by atoms with Crippen LogP contribution in [0.1, 0.15) is 34.3 Å². The molecule has 0 spiro atoms. The van der Waals surface area contributed by atoms with Crippen molar-refractivity contribution in [2.24, 2.45) is 5.92 Å². The molecule has 0 unspecified atom stereocenters. The van der Waals surface area contributed by atoms with E-state index in [0.29, 0.717) is 38.7 Å². The minimum Gasteiger partial charge on any atom is -0.507 e. The van der Waals surface area contributed by atoms with Crippen molar-refractivity contribution >= 4 is 34.5 Å². The highest BCUT2D eigenvalue weighted by molar-refractivity contribution is 6.06. The maximum Gasteiger partial charge on any atom is 0.416 e. The van der Waals surface area contributed by atoms with Crippen molar-refractivity contribution in [3.8, 4) is 28.0 Å². The normalized spacial score (nSPS) is 13.1. The van der Waals surface area contributed by atoms with E-state index in [9.17, 15) is 27.9 Å². The summed E-state index contributed by atoms with van der Waals surface area (Å²) in [4.78, 5) is 46.2. The van der Waals surface area contributed by atoms with Crippen molar-refractivity contribution in [1.29, 1.82) is 0 Å². The van der Waals surface area contributed by atoms with Gasteiger partial charge < -0.3 is 10.4 Å². The first-order valence-corrected chi connectivity index (χ1v) is 13.1. The smallest absolute Gasteiger partial charge is 0.416 e. The molecule has 0 atom stereocenters. The van der Waals surface area contributed by atoms with E-state index in [4.69, 9.17) is 0 Å². The van der Waals surface area contributed by atoms with Crippen LogP contribution in [-0.2, 0) is 11.0 Å². The van der Waals surface area contributed by atoms with Crippen LogP contribution in [-0.4, -0.2) is 41.8 Å². The number of hydrogen-bond acceptors (Lipinski definition) is 8. The van der Waals surface area contributed by atoms with Crippen LogP contribution in [0.15, 0.2) is 67.5 Å². The van der Waals surface area contributed by atoms with Crippen molar-refractivity contribution in [3.05, 3.63) is 84.2 Å². The number of pyridine rings is 1. The SMILES string of the molecule is Cc1ccc(C(=O)Nc2cc(C(F)(F)F)ccn2)cc1-c1cc2cnc(NC(=O)C3CC3)nc2c(-c2cncnc2)c1O. The fourth-order valence-electron chi connectivity index (χ4n) is 4.61. The number of nitrogens with one attached hydrogen (secondary N) is 2. The number of phenols is 1. The number of benzene rings is 2. The molecular weight excluding hydrogens is 563 g/mol. The lowest BCUT2D eigenvalue weighted by molar-refractivity contribution is -0.137. The van der Waals surface area contributed by atoms with Crippen LogP contribution >= 0.6 is 0 Å². The van der Waals surface area contributed by atoms with Gasteiger partial charge in [-0.3, -0.25) is 14.9 Å². The van der Waals surface area contributed by atoms with Crippen LogP contribution < -0.4 is 10.6 Å². The van der Waals surface area contributed by atoms with Gasteiger partial charge in [0.05, 0.1) is 16.6 Å². The maximum atomic E-state index is 13.1. The van der Waals surface area contributed by atoms with E-state index in [1.807, 2.05) is 0 Å². The molecule has 2 aromatic carbocycles. The molecule has 3 aromatic heterocycles. The Kier molecular flexibility index (Phi) is 6.92. The Bertz CT molecular complexity index is 1890. The van der Waals surface area contributed by atoms with Crippen molar-refractivity contribution in [2.45, 2.75) is 25.9 Å². The number of rotatable bonds is 6. The number of carbonyl (C=O) groups excluding carboxylic acids is 2. The summed E-state index contributed by atoms with van der Waals surface area (Å²) >= 11 is 0. The number of amides is 2. The lowest BCUT2D eigenvalue weighted by atomic mass is 9.92. The average molecular weight is 586 g/mol. The number of phenolic OH excluding ortho intramolecular Hbond substituents is 1. The van der Waals surface area contributed by atoms with Gasteiger partial charge in [-0.05, 0) is 61.2 Å². The molecule has 1 fully saturated rings. The van der Waals surface area contributed by atoms with Gasteiger partial charge in [-0.2, -0.15) is 13.2 Å². The highest BCUT2D eigenvalue weighted by Crippen LogP contribution is 2.44. The van der Waals surface area contributed by atoms with Gasteiger partial charge in [0.25, 0.3) is 5.91 Å². The van der Waals surface area contributed by atoms with Gasteiger partial charge in [0.1, 0.15) is 17.9 Å². The topological polar surface area (TPSA) is 143 Å². The average Bonchev–Trinajstić information content (AvgIpc) is 3.83. The summed E-state index contributed by atoms with van der Waals surface area (Å²) < 4.78 is 39.4. The fraction of sp³-hybridized carbons (Fsp3) is 0.167. The summed E-state index contributed by atoms with van der Waals surface area (Å²) in [5, 5.41) is 17.3. The molecule has 1 aliphatic rings. The third-order valence-electron chi connectivity index (χ3n) is 7.00. The monoisotopic (exact) mass is 585 g/mol. The van der Waals surface area contributed by atoms with E-state index in [0.717, 1.165) is 31.2 Å². The zero-order chi connectivity index (χ0) is 30.3. The van der Waals surface area contributed by atoms with E-state index >= 15 is 0 Å². The summed E-state index contributed by atoms with van der Waals surface area (Å²) in [6.07, 6.45) is 3.86. The number of alkyl halides is 3. The van der Waals surface area contributed by atoms with Crippen molar-refractivity contribution in [1.82, 2.24) is 24.9 Å². The minimum absolute atomic E-state index is 0.0612. The molecule has 43 heavy (non-hydrogen) atoms. The molecule has 1 saturated carbocycles. The molecule has 1 aliphatic carbocycles. The number of halogens is 3. The lowest BCUT2D eigenvalue weighted by Crippen LogP contribution is -2.15. The molecule has 0 saturated heterocycles. The predicted molar refractivity (Wildman–Crippen MR) is 151 cm³/mol. The van der Waals surface area contributed by atoms with Gasteiger partial charge in [-0.15, -0.1) is 0 Å². The molecule has 3 heterocycles. The van der Waals surface area contributed by atoms with Crippen LogP contribution in [0.5, 0.6) is 5.75 Å². The third kappa shape index (κ3) is 5.69. The fourth-order valence-corrected chi connectivity index (χ4v) is 4.61. The molecule has 2 amide bonds. The second-order valence-corrected chi connectivity index (χ2v) is 10.1. The molecule has 10 nitrogen and oxygen atoms in total. The van der Waals surface area contributed by atoms with E-state index in [2.05, 4.69) is 35.6 Å². The van der Waals surface area contributed by atoms with E-state index in [-0.39, 0.29) is 34.9 Å². The van der Waals surface area contributed by atoms with E-state index in [1.165, 1.54) is 37.1 Å². The van der Waals surface area contributed by atoms with Gasteiger partial charge in [0.2, 0.25) is 11.9 Å². The first-order valence-electron chi connectivity index (χ1n) is 13.1. The Morgan fingerprint density at radius 1 is 0.953 bits per heavy atom. The number of fused-ring (bicyclic) bond motifs is 1. The number of aromatic nitrogens is 5. The first kappa shape index (κ1) is 27.7. The Morgan fingerprint density at radius 2 is 1.72 bits per heavy atom. The number of anilines is 2. The maximum absolute atomic E-state index is 13.1. The van der Waals surface area contributed by atoms with Gasteiger partial charge in [-0.1, -0.05) is 6.07 Å². The Morgan fingerprint density at radius 3 is 2.44 bits per heavy atom. The van der Waals surface area contributed by atoms with Crippen LogP contribution in [0, 0.1) is 12.8 Å². The number of carbonyl (C=O) groups is 2. The highest BCUT2D eigenvalue weighted by Gasteiger charge is 2.31. The minimum atomic E-state index is -4.60. The molecule has 13 heteroatoms. The molecule has 5 aromatic rings. The van der Waals surface area contributed by atoms with Gasteiger partial charge in [0, 0.05) is 52.8 Å². The molecular formula is C30H22F3N7O3. The van der Waals surface area contributed by atoms with Crippen molar-refractivity contribution < 1.29 is 27.9 Å². The summed E-state index contributed by atoms with van der Waals surface area (Å²) in [5.74, 6) is -1.27. The predicted octanol–water partition coefficient (Wildman–Crippen LogP) is 5.78. The third-order valence-corrected chi connectivity index (χ3v) is 7.00. The largest absolute Gasteiger partial charge is 0.507 e. The molecule has 0 aliphatic heterocycles. The summed E-state index contributed by atoms with van der Waals surface area (Å²) in [5.41, 5.74) is 1.79. The molecule has 216 valence electrons. The number of nitrogens with zero attached hydrogens (tertiary/aromatic N) is 5. The molecule has 0 radical (unpaired) electrons. The van der Waals surface area contributed by atoms with Crippen molar-refractivity contribution in [2.75, 3.05) is 10.6 Å². The Hall–Kier alpha value is -5.46. The zero-order valence-corrected chi connectivity index (χ0v) is 22.5. The molecule has 0 bridgehead atoms. The Labute approximate surface area is 242 Å². The molecule has 3 N–H and O–H groups in total. The van der Waals surface area contributed by atoms with Gasteiger partial charge in [0.15, 0.2) is 0 Å². The van der Waals surface area contributed by atoms with Crippen LogP contribution in [0.2, 0.25) is 0 Å². The first-order chi connectivity index (χ1) is 20.6.